The molecule has 0 spiro atoms. The van der Waals surface area contributed by atoms with Crippen LogP contribution < -0.4 is 10.6 Å². The standard InChI is InChI=1S/C16H32N2/c1-6-15(13-18-12-11-17-8-3)9-10-16(7-2)14(4)5/h6,9-10,14,16-18H,7-8,11-13H2,1-5H3/b10-9-,15-6+. The molecule has 2 nitrogen and oxygen atoms in total. The molecule has 106 valence electrons. The molecule has 0 fully saturated rings. The van der Waals surface area contributed by atoms with Gasteiger partial charge in [-0.05, 0) is 37.3 Å². The summed E-state index contributed by atoms with van der Waals surface area (Å²) >= 11 is 0. The molecule has 0 aromatic rings. The van der Waals surface area contributed by atoms with Crippen LogP contribution in [0.5, 0.6) is 0 Å². The van der Waals surface area contributed by atoms with Gasteiger partial charge < -0.3 is 10.6 Å². The summed E-state index contributed by atoms with van der Waals surface area (Å²) in [6, 6.07) is 0. The van der Waals surface area contributed by atoms with Gasteiger partial charge in [-0.3, -0.25) is 0 Å². The van der Waals surface area contributed by atoms with Crippen molar-refractivity contribution in [3.63, 3.8) is 0 Å². The number of hydrogen-bond acceptors (Lipinski definition) is 2. The van der Waals surface area contributed by atoms with Gasteiger partial charge in [-0.25, -0.2) is 0 Å². The molecule has 0 aromatic heterocycles. The molecule has 0 heterocycles. The minimum atomic E-state index is 0.696. The summed E-state index contributed by atoms with van der Waals surface area (Å²) in [6.45, 7) is 15.2. The Kier molecular flexibility index (Phi) is 11.1. The van der Waals surface area contributed by atoms with E-state index in [9.17, 15) is 0 Å². The normalized spacial score (nSPS) is 14.7. The van der Waals surface area contributed by atoms with Crippen molar-refractivity contribution in [2.75, 3.05) is 26.2 Å². The Bertz CT molecular complexity index is 241. The fourth-order valence-electron chi connectivity index (χ4n) is 1.92. The number of nitrogens with one attached hydrogen (secondary N) is 2. The summed E-state index contributed by atoms with van der Waals surface area (Å²) < 4.78 is 0. The Morgan fingerprint density at radius 3 is 2.28 bits per heavy atom. The first kappa shape index (κ1) is 17.4. The van der Waals surface area contributed by atoms with E-state index < -0.39 is 0 Å². The van der Waals surface area contributed by atoms with Gasteiger partial charge in [-0.2, -0.15) is 0 Å². The van der Waals surface area contributed by atoms with Gasteiger partial charge in [0.15, 0.2) is 0 Å². The first-order valence-electron chi connectivity index (χ1n) is 7.40. The lowest BCUT2D eigenvalue weighted by atomic mass is 9.92. The Morgan fingerprint density at radius 2 is 1.78 bits per heavy atom. The lowest BCUT2D eigenvalue weighted by molar-refractivity contribution is 0.453. The Labute approximate surface area is 114 Å². The molecule has 0 aliphatic rings. The Hall–Kier alpha value is -0.600. The summed E-state index contributed by atoms with van der Waals surface area (Å²) in [5, 5.41) is 6.77. The fourth-order valence-corrected chi connectivity index (χ4v) is 1.92. The van der Waals surface area contributed by atoms with Crippen molar-refractivity contribution < 1.29 is 0 Å². The zero-order chi connectivity index (χ0) is 13.8. The summed E-state index contributed by atoms with van der Waals surface area (Å²) in [6.07, 6.45) is 8.07. The largest absolute Gasteiger partial charge is 0.316 e. The highest BCUT2D eigenvalue weighted by Crippen LogP contribution is 2.16. The highest BCUT2D eigenvalue weighted by atomic mass is 14.9. The summed E-state index contributed by atoms with van der Waals surface area (Å²) in [4.78, 5) is 0. The molecule has 0 rings (SSSR count). The first-order chi connectivity index (χ1) is 8.65. The predicted molar refractivity (Wildman–Crippen MR) is 82.9 cm³/mol. The van der Waals surface area contributed by atoms with Crippen molar-refractivity contribution in [1.29, 1.82) is 0 Å². The van der Waals surface area contributed by atoms with Gasteiger partial charge in [0.2, 0.25) is 0 Å². The van der Waals surface area contributed by atoms with Crippen LogP contribution in [0.2, 0.25) is 0 Å². The minimum Gasteiger partial charge on any atom is -0.316 e. The summed E-state index contributed by atoms with van der Waals surface area (Å²) in [5.41, 5.74) is 1.38. The van der Waals surface area contributed by atoms with Gasteiger partial charge in [0, 0.05) is 19.6 Å². The van der Waals surface area contributed by atoms with E-state index in [1.165, 1.54) is 12.0 Å². The molecule has 0 radical (unpaired) electrons. The summed E-state index contributed by atoms with van der Waals surface area (Å²) in [7, 11) is 0. The lowest BCUT2D eigenvalue weighted by Crippen LogP contribution is -2.28. The third-order valence-corrected chi connectivity index (χ3v) is 3.31. The molecule has 0 aromatic carbocycles. The van der Waals surface area contributed by atoms with Crippen LogP contribution in [0.1, 0.15) is 41.0 Å². The van der Waals surface area contributed by atoms with Crippen molar-refractivity contribution in [3.8, 4) is 0 Å². The maximum Gasteiger partial charge on any atom is 0.0202 e. The van der Waals surface area contributed by atoms with Gasteiger partial charge in [0.1, 0.15) is 0 Å². The molecule has 2 heteroatoms. The molecule has 0 saturated carbocycles. The number of rotatable bonds is 10. The van der Waals surface area contributed by atoms with Gasteiger partial charge >= 0.3 is 0 Å². The van der Waals surface area contributed by atoms with E-state index in [-0.39, 0.29) is 0 Å². The molecule has 1 atom stereocenters. The maximum absolute atomic E-state index is 3.46. The lowest BCUT2D eigenvalue weighted by Gasteiger charge is -2.14. The van der Waals surface area contributed by atoms with E-state index in [2.05, 4.69) is 63.5 Å². The number of likely N-dealkylation sites (N-methyl/N-ethyl adjacent to an activating group) is 1. The highest BCUT2D eigenvalue weighted by Gasteiger charge is 2.06. The van der Waals surface area contributed by atoms with E-state index in [1.807, 2.05) is 0 Å². The van der Waals surface area contributed by atoms with E-state index in [0.717, 1.165) is 32.1 Å². The molecule has 0 aliphatic heterocycles. The van der Waals surface area contributed by atoms with Crippen LogP contribution in [0.15, 0.2) is 23.8 Å². The predicted octanol–water partition coefficient (Wildman–Crippen LogP) is 3.37. The zero-order valence-corrected chi connectivity index (χ0v) is 12.9. The second-order valence-electron chi connectivity index (χ2n) is 5.07. The molecule has 0 amide bonds. The van der Waals surface area contributed by atoms with Crippen molar-refractivity contribution in [2.24, 2.45) is 11.8 Å². The Morgan fingerprint density at radius 1 is 1.11 bits per heavy atom. The molecule has 2 N–H and O–H groups in total. The number of allylic oxidation sites excluding steroid dienone is 2. The minimum absolute atomic E-state index is 0.696. The van der Waals surface area contributed by atoms with Crippen molar-refractivity contribution in [2.45, 2.75) is 41.0 Å². The Balaban J connectivity index is 4.00. The van der Waals surface area contributed by atoms with Gasteiger partial charge in [-0.1, -0.05) is 45.9 Å². The third kappa shape index (κ3) is 8.48. The molecule has 1 unspecified atom stereocenters. The SMILES string of the molecule is C/C=C(\C=C/C(CC)C(C)C)CNCCNCC. The molecular formula is C16H32N2. The van der Waals surface area contributed by atoms with Crippen LogP contribution in [0, 0.1) is 11.8 Å². The quantitative estimate of drug-likeness (QED) is 0.460. The van der Waals surface area contributed by atoms with Crippen molar-refractivity contribution in [3.05, 3.63) is 23.8 Å². The van der Waals surface area contributed by atoms with Crippen LogP contribution >= 0.6 is 0 Å². The van der Waals surface area contributed by atoms with Crippen LogP contribution in [-0.4, -0.2) is 26.2 Å². The van der Waals surface area contributed by atoms with E-state index >= 15 is 0 Å². The second kappa shape index (κ2) is 11.5. The van der Waals surface area contributed by atoms with Crippen molar-refractivity contribution in [1.82, 2.24) is 10.6 Å². The maximum atomic E-state index is 3.46. The third-order valence-electron chi connectivity index (χ3n) is 3.31. The molecule has 0 aliphatic carbocycles. The molecule has 18 heavy (non-hydrogen) atoms. The summed E-state index contributed by atoms with van der Waals surface area (Å²) in [5.74, 6) is 1.42. The number of hydrogen-bond donors (Lipinski definition) is 2. The van der Waals surface area contributed by atoms with Crippen LogP contribution in [0.3, 0.4) is 0 Å². The average Bonchev–Trinajstić information content (AvgIpc) is 2.36. The van der Waals surface area contributed by atoms with Crippen LogP contribution in [-0.2, 0) is 0 Å². The highest BCUT2D eigenvalue weighted by molar-refractivity contribution is 5.20. The monoisotopic (exact) mass is 252 g/mol. The average molecular weight is 252 g/mol. The molecule has 0 bridgehead atoms. The molecular weight excluding hydrogens is 220 g/mol. The second-order valence-corrected chi connectivity index (χ2v) is 5.07. The first-order valence-corrected chi connectivity index (χ1v) is 7.40. The topological polar surface area (TPSA) is 24.1 Å². The van der Waals surface area contributed by atoms with Gasteiger partial charge in [-0.15, -0.1) is 0 Å². The fraction of sp³-hybridized carbons (Fsp3) is 0.750. The molecule has 0 saturated heterocycles. The van der Waals surface area contributed by atoms with Crippen LogP contribution in [0.25, 0.3) is 0 Å². The van der Waals surface area contributed by atoms with E-state index in [4.69, 9.17) is 0 Å². The van der Waals surface area contributed by atoms with E-state index in [0.29, 0.717) is 5.92 Å². The van der Waals surface area contributed by atoms with E-state index in [1.54, 1.807) is 0 Å². The smallest absolute Gasteiger partial charge is 0.0202 e. The van der Waals surface area contributed by atoms with Gasteiger partial charge in [0.25, 0.3) is 0 Å². The van der Waals surface area contributed by atoms with Crippen LogP contribution in [0.4, 0.5) is 0 Å². The van der Waals surface area contributed by atoms with Crippen molar-refractivity contribution >= 4 is 0 Å². The van der Waals surface area contributed by atoms with Gasteiger partial charge in [0.05, 0.1) is 0 Å². The zero-order valence-electron chi connectivity index (χ0n) is 12.9.